The molecule has 0 aliphatic carbocycles. The fourth-order valence-corrected chi connectivity index (χ4v) is 1.68. The number of nitrogens with zero attached hydrogens (tertiary/aromatic N) is 1. The van der Waals surface area contributed by atoms with Gasteiger partial charge in [0, 0.05) is 18.7 Å². The predicted octanol–water partition coefficient (Wildman–Crippen LogP) is 2.26. The predicted molar refractivity (Wildman–Crippen MR) is 51.6 cm³/mol. The van der Waals surface area contributed by atoms with E-state index in [-0.39, 0.29) is 5.69 Å². The van der Waals surface area contributed by atoms with Crippen LogP contribution in [0.1, 0.15) is 23.2 Å². The summed E-state index contributed by atoms with van der Waals surface area (Å²) in [5, 5.41) is 8.92. The minimum absolute atomic E-state index is 0.279. The van der Waals surface area contributed by atoms with Crippen LogP contribution in [-0.2, 0) is 6.54 Å². The second-order valence-electron chi connectivity index (χ2n) is 3.19. The first-order valence-corrected chi connectivity index (χ1v) is 4.46. The molecule has 0 aliphatic rings. The van der Waals surface area contributed by atoms with E-state index in [1.165, 1.54) is 0 Å². The van der Waals surface area contributed by atoms with Crippen molar-refractivity contribution in [3.8, 4) is 0 Å². The van der Waals surface area contributed by atoms with Gasteiger partial charge in [-0.15, -0.1) is 0 Å². The standard InChI is InChI=1S/C10H11NO3/c1-3-11-7-4-6(2)14-9(7)5-8(11)10(12)13/h4-5H,3H2,1-2H3,(H,12,13). The van der Waals surface area contributed by atoms with Gasteiger partial charge in [0.05, 0.1) is 5.52 Å². The number of fused-ring (bicyclic) bond motifs is 1. The minimum atomic E-state index is -0.920. The molecule has 74 valence electrons. The molecule has 0 amide bonds. The van der Waals surface area contributed by atoms with Crippen LogP contribution in [0.15, 0.2) is 16.5 Å². The number of carbonyl (C=O) groups is 1. The molecule has 4 nitrogen and oxygen atoms in total. The summed E-state index contributed by atoms with van der Waals surface area (Å²) >= 11 is 0. The average molecular weight is 193 g/mol. The van der Waals surface area contributed by atoms with Gasteiger partial charge < -0.3 is 14.1 Å². The number of aromatic carboxylic acids is 1. The maximum Gasteiger partial charge on any atom is 0.352 e. The Labute approximate surface area is 80.7 Å². The zero-order chi connectivity index (χ0) is 10.3. The lowest BCUT2D eigenvalue weighted by atomic mass is 10.4. The van der Waals surface area contributed by atoms with E-state index in [1.54, 1.807) is 10.6 Å². The maximum absolute atomic E-state index is 10.9. The minimum Gasteiger partial charge on any atom is -0.477 e. The molecule has 0 aliphatic heterocycles. The Balaban J connectivity index is 2.74. The zero-order valence-electron chi connectivity index (χ0n) is 8.07. The Morgan fingerprint density at radius 1 is 1.57 bits per heavy atom. The van der Waals surface area contributed by atoms with Gasteiger partial charge in [0.15, 0.2) is 5.58 Å². The smallest absolute Gasteiger partial charge is 0.352 e. The molecule has 0 saturated heterocycles. The lowest BCUT2D eigenvalue weighted by Crippen LogP contribution is -2.06. The summed E-state index contributed by atoms with van der Waals surface area (Å²) < 4.78 is 7.09. The van der Waals surface area contributed by atoms with Crippen LogP contribution < -0.4 is 0 Å². The van der Waals surface area contributed by atoms with Crippen LogP contribution in [0.4, 0.5) is 0 Å². The molecule has 0 aromatic carbocycles. The van der Waals surface area contributed by atoms with Crippen molar-refractivity contribution in [2.75, 3.05) is 0 Å². The molecule has 14 heavy (non-hydrogen) atoms. The summed E-state index contributed by atoms with van der Waals surface area (Å²) in [4.78, 5) is 10.9. The van der Waals surface area contributed by atoms with Crippen LogP contribution in [0.5, 0.6) is 0 Å². The Bertz CT molecular complexity index is 493. The topological polar surface area (TPSA) is 55.4 Å². The molecule has 2 rings (SSSR count). The summed E-state index contributed by atoms with van der Waals surface area (Å²) in [5.41, 5.74) is 1.77. The van der Waals surface area contributed by atoms with Gasteiger partial charge in [-0.3, -0.25) is 0 Å². The highest BCUT2D eigenvalue weighted by molar-refractivity contribution is 5.92. The number of hydrogen-bond acceptors (Lipinski definition) is 2. The third kappa shape index (κ3) is 1.11. The third-order valence-corrected chi connectivity index (χ3v) is 2.25. The van der Waals surface area contributed by atoms with Crippen molar-refractivity contribution in [1.82, 2.24) is 4.57 Å². The van der Waals surface area contributed by atoms with Gasteiger partial charge in [-0.25, -0.2) is 4.79 Å². The van der Waals surface area contributed by atoms with Crippen molar-refractivity contribution in [2.45, 2.75) is 20.4 Å². The summed E-state index contributed by atoms with van der Waals surface area (Å²) in [6.45, 7) is 4.39. The zero-order valence-corrected chi connectivity index (χ0v) is 8.07. The van der Waals surface area contributed by atoms with Crippen LogP contribution in [-0.4, -0.2) is 15.6 Å². The Kier molecular flexibility index (Phi) is 1.84. The largest absolute Gasteiger partial charge is 0.477 e. The number of hydrogen-bond donors (Lipinski definition) is 1. The molecule has 0 atom stereocenters. The van der Waals surface area contributed by atoms with Gasteiger partial charge in [0.2, 0.25) is 0 Å². The highest BCUT2D eigenvalue weighted by atomic mass is 16.4. The molecule has 0 radical (unpaired) electrons. The highest BCUT2D eigenvalue weighted by Gasteiger charge is 2.15. The molecule has 0 fully saturated rings. The Morgan fingerprint density at radius 2 is 2.29 bits per heavy atom. The number of rotatable bonds is 2. The molecule has 0 saturated carbocycles. The van der Waals surface area contributed by atoms with E-state index in [1.807, 2.05) is 19.9 Å². The number of carboxylic acid groups (broad SMARTS) is 1. The average Bonchev–Trinajstić information content (AvgIpc) is 2.59. The fraction of sp³-hybridized carbons (Fsp3) is 0.300. The van der Waals surface area contributed by atoms with Gasteiger partial charge in [0.25, 0.3) is 0 Å². The Hall–Kier alpha value is -1.71. The number of aryl methyl sites for hydroxylation is 2. The van der Waals surface area contributed by atoms with Crippen LogP contribution in [0.2, 0.25) is 0 Å². The van der Waals surface area contributed by atoms with Gasteiger partial charge >= 0.3 is 5.97 Å². The van der Waals surface area contributed by atoms with Crippen molar-refractivity contribution in [3.63, 3.8) is 0 Å². The molecular weight excluding hydrogens is 182 g/mol. The van der Waals surface area contributed by atoms with Crippen LogP contribution in [0.3, 0.4) is 0 Å². The number of furan rings is 1. The molecule has 1 N–H and O–H groups in total. The van der Waals surface area contributed by atoms with Crippen molar-refractivity contribution in [1.29, 1.82) is 0 Å². The van der Waals surface area contributed by atoms with E-state index in [2.05, 4.69) is 0 Å². The number of carboxylic acids is 1. The molecule has 4 heteroatoms. The first kappa shape index (κ1) is 8.87. The molecule has 0 bridgehead atoms. The van der Waals surface area contributed by atoms with Crippen molar-refractivity contribution in [2.24, 2.45) is 0 Å². The molecule has 2 aromatic heterocycles. The summed E-state index contributed by atoms with van der Waals surface area (Å²) in [5.74, 6) is -0.120. The molecular formula is C10H11NO3. The Morgan fingerprint density at radius 3 is 2.86 bits per heavy atom. The quantitative estimate of drug-likeness (QED) is 0.795. The molecule has 2 heterocycles. The van der Waals surface area contributed by atoms with Gasteiger partial charge in [-0.1, -0.05) is 0 Å². The van der Waals surface area contributed by atoms with Crippen LogP contribution >= 0.6 is 0 Å². The van der Waals surface area contributed by atoms with Crippen LogP contribution in [0, 0.1) is 6.92 Å². The normalized spacial score (nSPS) is 11.0. The van der Waals surface area contributed by atoms with E-state index in [0.717, 1.165) is 11.3 Å². The molecule has 2 aromatic rings. The summed E-state index contributed by atoms with van der Waals surface area (Å²) in [6.07, 6.45) is 0. The monoisotopic (exact) mass is 193 g/mol. The second kappa shape index (κ2) is 2.90. The summed E-state index contributed by atoms with van der Waals surface area (Å²) in [7, 11) is 0. The maximum atomic E-state index is 10.9. The first-order valence-electron chi connectivity index (χ1n) is 4.46. The summed E-state index contributed by atoms with van der Waals surface area (Å²) in [6, 6.07) is 3.42. The molecule has 0 spiro atoms. The van der Waals surface area contributed by atoms with Gasteiger partial charge in [-0.2, -0.15) is 0 Å². The first-order chi connectivity index (χ1) is 6.63. The lowest BCUT2D eigenvalue weighted by Gasteiger charge is -2.01. The highest BCUT2D eigenvalue weighted by Crippen LogP contribution is 2.23. The van der Waals surface area contributed by atoms with E-state index < -0.39 is 5.97 Å². The van der Waals surface area contributed by atoms with E-state index >= 15 is 0 Å². The van der Waals surface area contributed by atoms with E-state index in [9.17, 15) is 4.79 Å². The van der Waals surface area contributed by atoms with Crippen molar-refractivity contribution < 1.29 is 14.3 Å². The number of aromatic nitrogens is 1. The fourth-order valence-electron chi connectivity index (χ4n) is 1.68. The second-order valence-corrected chi connectivity index (χ2v) is 3.19. The third-order valence-electron chi connectivity index (χ3n) is 2.25. The van der Waals surface area contributed by atoms with Crippen molar-refractivity contribution in [3.05, 3.63) is 23.6 Å². The molecule has 0 unspecified atom stereocenters. The van der Waals surface area contributed by atoms with Crippen molar-refractivity contribution >= 4 is 17.1 Å². The van der Waals surface area contributed by atoms with Gasteiger partial charge in [-0.05, 0) is 13.8 Å². The van der Waals surface area contributed by atoms with E-state index in [4.69, 9.17) is 9.52 Å². The van der Waals surface area contributed by atoms with Crippen LogP contribution in [0.25, 0.3) is 11.1 Å². The lowest BCUT2D eigenvalue weighted by molar-refractivity contribution is 0.0686. The van der Waals surface area contributed by atoms with Gasteiger partial charge in [0.1, 0.15) is 11.5 Å². The van der Waals surface area contributed by atoms with E-state index in [0.29, 0.717) is 12.1 Å². The SMILES string of the molecule is CCn1c(C(=O)O)cc2oc(C)cc21.